The van der Waals surface area contributed by atoms with E-state index in [9.17, 15) is 0 Å². The average molecular weight is 252 g/mol. The van der Waals surface area contributed by atoms with E-state index in [2.05, 4.69) is 32.0 Å². The summed E-state index contributed by atoms with van der Waals surface area (Å²) < 4.78 is 2.93. The normalized spacial score (nSPS) is 21.8. The van der Waals surface area contributed by atoms with Crippen LogP contribution in [0.2, 0.25) is 0 Å². The fraction of sp³-hybridized carbons (Fsp3) is 0.714. The quantitative estimate of drug-likeness (QED) is 0.573. The van der Waals surface area contributed by atoms with Crippen LogP contribution >= 0.6 is 0 Å². The first-order chi connectivity index (χ1) is 4.30. The van der Waals surface area contributed by atoms with Gasteiger partial charge in [0, 0.05) is 0 Å². The van der Waals surface area contributed by atoms with Crippen LogP contribution in [-0.4, -0.2) is 32.0 Å². The fourth-order valence-electron chi connectivity index (χ4n) is 1.03. The summed E-state index contributed by atoms with van der Waals surface area (Å²) in [5.41, 5.74) is 0. The summed E-state index contributed by atoms with van der Waals surface area (Å²) >= 11 is 6.23. The topological polar surface area (TPSA) is 0 Å². The summed E-state index contributed by atoms with van der Waals surface area (Å²) in [6.45, 7) is 0. The van der Waals surface area contributed by atoms with Crippen LogP contribution < -0.4 is 0 Å². The summed E-state index contributed by atoms with van der Waals surface area (Å²) in [4.78, 5) is 0. The molecule has 0 N–H and O–H groups in total. The first-order valence-electron chi connectivity index (χ1n) is 3.37. The molecule has 0 fully saturated rings. The third kappa shape index (κ3) is 2.47. The zero-order valence-electron chi connectivity index (χ0n) is 5.35. The molecule has 0 amide bonds. The Bertz CT molecular complexity index is 113. The molecule has 0 aliphatic heterocycles. The van der Waals surface area contributed by atoms with Crippen LogP contribution in [0.4, 0.5) is 0 Å². The van der Waals surface area contributed by atoms with Crippen LogP contribution in [0.3, 0.4) is 0 Å². The molecule has 0 atom stereocenters. The zero-order chi connectivity index (χ0) is 6.69. The van der Waals surface area contributed by atoms with Gasteiger partial charge in [-0.2, -0.15) is 0 Å². The van der Waals surface area contributed by atoms with Gasteiger partial charge in [0.15, 0.2) is 0 Å². The predicted molar refractivity (Wildman–Crippen MR) is 41.6 cm³/mol. The van der Waals surface area contributed by atoms with Gasteiger partial charge >= 0.3 is 73.1 Å². The fourth-order valence-corrected chi connectivity index (χ4v) is 2.06. The van der Waals surface area contributed by atoms with E-state index >= 15 is 0 Å². The van der Waals surface area contributed by atoms with E-state index < -0.39 is 0 Å². The van der Waals surface area contributed by atoms with Crippen LogP contribution in [0, 0.1) is 0 Å². The summed E-state index contributed by atoms with van der Waals surface area (Å²) in [5.74, 6) is 0. The maximum atomic E-state index is 3.12. The van der Waals surface area contributed by atoms with Gasteiger partial charge in [-0.1, -0.05) is 0 Å². The van der Waals surface area contributed by atoms with Crippen LogP contribution in [0.25, 0.3) is 0 Å². The van der Waals surface area contributed by atoms with Crippen molar-refractivity contribution in [2.75, 3.05) is 0 Å². The maximum absolute atomic E-state index is 3.12. The minimum absolute atomic E-state index is 1.27. The molecule has 1 rings (SSSR count). The Morgan fingerprint density at radius 2 is 1.22 bits per heavy atom. The molecule has 0 saturated heterocycles. The van der Waals surface area contributed by atoms with Crippen molar-refractivity contribution >= 4 is 32.0 Å². The Balaban J connectivity index is 2.55. The molecule has 0 bridgehead atoms. The molecule has 0 aromatic rings. The minimum atomic E-state index is 1.27. The van der Waals surface area contributed by atoms with E-state index in [0.29, 0.717) is 0 Å². The first-order valence-corrected chi connectivity index (χ1v) is 5.08. The van der Waals surface area contributed by atoms with Crippen molar-refractivity contribution in [2.24, 2.45) is 0 Å². The van der Waals surface area contributed by atoms with Crippen LogP contribution in [-0.2, 0) is 0 Å². The molecular weight excluding hydrogens is 242 g/mol. The second kappa shape index (κ2) is 3.83. The Kier molecular flexibility index (Phi) is 3.35. The van der Waals surface area contributed by atoms with Crippen molar-refractivity contribution in [3.63, 3.8) is 0 Å². The number of hydrogen-bond acceptors (Lipinski definition) is 0. The molecule has 50 valence electrons. The van der Waals surface area contributed by atoms with Crippen molar-refractivity contribution in [1.82, 2.24) is 0 Å². The van der Waals surface area contributed by atoms with E-state index in [1.807, 2.05) is 0 Å². The van der Waals surface area contributed by atoms with E-state index in [4.69, 9.17) is 0 Å². The molecule has 0 heterocycles. The molecule has 2 radical (unpaired) electrons. The van der Waals surface area contributed by atoms with Gasteiger partial charge in [-0.3, -0.25) is 0 Å². The SMILES string of the molecule is [Se]C1=C([Se])CCCCC1. The summed E-state index contributed by atoms with van der Waals surface area (Å²) in [7, 11) is 0. The summed E-state index contributed by atoms with van der Waals surface area (Å²) in [6, 6.07) is 0. The van der Waals surface area contributed by atoms with Crippen LogP contribution in [0.15, 0.2) is 8.94 Å². The van der Waals surface area contributed by atoms with Crippen LogP contribution in [0.5, 0.6) is 0 Å². The molecule has 9 heavy (non-hydrogen) atoms. The van der Waals surface area contributed by atoms with Crippen molar-refractivity contribution in [2.45, 2.75) is 32.1 Å². The molecule has 1 aliphatic rings. The summed E-state index contributed by atoms with van der Waals surface area (Å²) in [5, 5.41) is 0. The average Bonchev–Trinajstić information content (AvgIpc) is 1.99. The van der Waals surface area contributed by atoms with Gasteiger partial charge in [0.1, 0.15) is 0 Å². The second-order valence-electron chi connectivity index (χ2n) is 2.41. The van der Waals surface area contributed by atoms with Crippen LogP contribution in [0.1, 0.15) is 32.1 Å². The molecular formula is C7H10Se2. The second-order valence-corrected chi connectivity index (χ2v) is 4.47. The van der Waals surface area contributed by atoms with E-state index in [-0.39, 0.29) is 0 Å². The number of allylic oxidation sites excluding steroid dienone is 2. The number of hydrogen-bond donors (Lipinski definition) is 0. The van der Waals surface area contributed by atoms with Gasteiger partial charge in [0.25, 0.3) is 0 Å². The van der Waals surface area contributed by atoms with Crippen molar-refractivity contribution in [3.8, 4) is 0 Å². The van der Waals surface area contributed by atoms with Crippen molar-refractivity contribution in [3.05, 3.63) is 8.94 Å². The Morgan fingerprint density at radius 3 is 1.67 bits per heavy atom. The van der Waals surface area contributed by atoms with Gasteiger partial charge in [-0.25, -0.2) is 0 Å². The molecule has 1 aliphatic carbocycles. The van der Waals surface area contributed by atoms with E-state index in [1.54, 1.807) is 0 Å². The third-order valence-corrected chi connectivity index (χ3v) is 4.16. The first kappa shape index (κ1) is 7.88. The molecule has 0 saturated carbocycles. The molecule has 0 aromatic heterocycles. The monoisotopic (exact) mass is 254 g/mol. The molecule has 2 heteroatoms. The summed E-state index contributed by atoms with van der Waals surface area (Å²) in [6.07, 6.45) is 6.67. The third-order valence-electron chi connectivity index (χ3n) is 1.62. The van der Waals surface area contributed by atoms with Gasteiger partial charge < -0.3 is 0 Å². The van der Waals surface area contributed by atoms with E-state index in [0.717, 1.165) is 0 Å². The molecule has 0 aromatic carbocycles. The number of rotatable bonds is 0. The van der Waals surface area contributed by atoms with Crippen molar-refractivity contribution in [1.29, 1.82) is 0 Å². The van der Waals surface area contributed by atoms with Gasteiger partial charge in [-0.15, -0.1) is 0 Å². The predicted octanol–water partition coefficient (Wildman–Crippen LogP) is 1.50. The van der Waals surface area contributed by atoms with Gasteiger partial charge in [0.2, 0.25) is 0 Å². The standard InChI is InChI=1S/C7H10Se2/c8-6-4-2-1-3-5-7(6)9/h1-5H2. The van der Waals surface area contributed by atoms with Gasteiger partial charge in [-0.05, 0) is 0 Å². The zero-order valence-corrected chi connectivity index (χ0v) is 8.78. The Morgan fingerprint density at radius 1 is 0.778 bits per heavy atom. The molecule has 0 nitrogen and oxygen atoms in total. The molecule has 0 spiro atoms. The van der Waals surface area contributed by atoms with Gasteiger partial charge in [0.05, 0.1) is 0 Å². The Labute approximate surface area is 73.1 Å². The van der Waals surface area contributed by atoms with Crippen molar-refractivity contribution < 1.29 is 0 Å². The molecule has 0 unspecified atom stereocenters. The Hall–Kier alpha value is 0.779. The van der Waals surface area contributed by atoms with E-state index in [1.165, 1.54) is 41.0 Å².